The molecule has 1 amide bonds. The highest BCUT2D eigenvalue weighted by atomic mass is 32.1. The number of carbonyl (C=O) groups is 2. The van der Waals surface area contributed by atoms with Gasteiger partial charge < -0.3 is 5.32 Å². The number of thiophene rings is 1. The van der Waals surface area contributed by atoms with Crippen LogP contribution in [0.3, 0.4) is 0 Å². The highest BCUT2D eigenvalue weighted by molar-refractivity contribution is 7.10. The summed E-state index contributed by atoms with van der Waals surface area (Å²) < 4.78 is 0. The molecular weight excluding hydrogens is 488 g/mol. The SMILES string of the molecule is CCCCCC(=O)N1c2ccccc2NC2=C(C(=O)C[C@@H](c3ccc(C(C)(C)C)cc3)C2)[C@@H]1c1cccs1. The summed E-state index contributed by atoms with van der Waals surface area (Å²) in [6.07, 6.45) is 4.60. The highest BCUT2D eigenvalue weighted by Gasteiger charge is 2.41. The van der Waals surface area contributed by atoms with Crippen LogP contribution >= 0.6 is 11.3 Å². The standard InChI is InChI=1S/C33H38N2O2S/c1-5-6-7-14-30(37)35-27-12-9-8-11-25(27)34-26-20-23(22-15-17-24(18-16-22)33(2,3)4)21-28(36)31(26)32(35)29-13-10-19-38-29/h8-13,15-19,23,32,34H,5-7,14,20-21H2,1-4H3/t23-,32-/m0/s1. The average Bonchev–Trinajstić information content (AvgIpc) is 3.38. The maximum absolute atomic E-state index is 14.0. The fraction of sp³-hybridized carbons (Fsp3) is 0.394. The number of rotatable bonds is 6. The van der Waals surface area contributed by atoms with Crippen molar-refractivity contribution < 1.29 is 9.59 Å². The molecule has 0 radical (unpaired) electrons. The molecule has 38 heavy (non-hydrogen) atoms. The molecule has 198 valence electrons. The van der Waals surface area contributed by atoms with Crippen molar-refractivity contribution >= 4 is 34.4 Å². The molecule has 2 atom stereocenters. The maximum Gasteiger partial charge on any atom is 0.227 e. The summed E-state index contributed by atoms with van der Waals surface area (Å²) in [4.78, 5) is 30.8. The molecule has 5 heteroatoms. The molecule has 1 aromatic heterocycles. The molecule has 0 saturated heterocycles. The van der Waals surface area contributed by atoms with E-state index in [0.29, 0.717) is 12.8 Å². The van der Waals surface area contributed by atoms with Crippen LogP contribution < -0.4 is 10.2 Å². The Morgan fingerprint density at radius 1 is 1.00 bits per heavy atom. The van der Waals surface area contributed by atoms with Crippen molar-refractivity contribution in [1.82, 2.24) is 0 Å². The van der Waals surface area contributed by atoms with Crippen molar-refractivity contribution in [2.75, 3.05) is 10.2 Å². The van der Waals surface area contributed by atoms with E-state index in [0.717, 1.165) is 53.2 Å². The third kappa shape index (κ3) is 5.22. The molecule has 3 aromatic rings. The molecule has 4 nitrogen and oxygen atoms in total. The van der Waals surface area contributed by atoms with Crippen LogP contribution in [0.1, 0.15) is 94.2 Å². The molecule has 0 saturated carbocycles. The van der Waals surface area contributed by atoms with E-state index in [2.05, 4.69) is 63.3 Å². The second kappa shape index (κ2) is 10.9. The number of anilines is 2. The van der Waals surface area contributed by atoms with Gasteiger partial charge in [-0.1, -0.05) is 83.0 Å². The Kier molecular flexibility index (Phi) is 7.58. The van der Waals surface area contributed by atoms with Crippen molar-refractivity contribution in [1.29, 1.82) is 0 Å². The molecule has 0 unspecified atom stereocenters. The summed E-state index contributed by atoms with van der Waals surface area (Å²) in [6, 6.07) is 20.4. The number of hydrogen-bond donors (Lipinski definition) is 1. The van der Waals surface area contributed by atoms with E-state index in [9.17, 15) is 9.59 Å². The molecule has 1 aliphatic heterocycles. The van der Waals surface area contributed by atoms with E-state index >= 15 is 0 Å². The van der Waals surface area contributed by atoms with E-state index in [1.165, 1.54) is 11.1 Å². The van der Waals surface area contributed by atoms with Crippen molar-refractivity contribution in [3.05, 3.63) is 93.3 Å². The van der Waals surface area contributed by atoms with Gasteiger partial charge in [-0.05, 0) is 58.9 Å². The van der Waals surface area contributed by atoms with Gasteiger partial charge in [0, 0.05) is 29.0 Å². The minimum atomic E-state index is -0.410. The number of unbranched alkanes of at least 4 members (excludes halogenated alkanes) is 2. The van der Waals surface area contributed by atoms with Crippen LogP contribution in [0.2, 0.25) is 0 Å². The number of ketones is 1. The fourth-order valence-corrected chi connectivity index (χ4v) is 6.54. The van der Waals surface area contributed by atoms with Crippen LogP contribution in [-0.4, -0.2) is 11.7 Å². The maximum atomic E-state index is 14.0. The van der Waals surface area contributed by atoms with Gasteiger partial charge in [0.1, 0.15) is 6.04 Å². The van der Waals surface area contributed by atoms with Crippen molar-refractivity contribution in [3.63, 3.8) is 0 Å². The number of benzene rings is 2. The minimum absolute atomic E-state index is 0.0764. The first-order chi connectivity index (χ1) is 18.3. The molecule has 5 rings (SSSR count). The van der Waals surface area contributed by atoms with E-state index in [1.54, 1.807) is 11.3 Å². The third-order valence-corrected chi connectivity index (χ3v) is 8.74. The Morgan fingerprint density at radius 2 is 1.76 bits per heavy atom. The summed E-state index contributed by atoms with van der Waals surface area (Å²) in [5.41, 5.74) is 6.00. The number of nitrogens with zero attached hydrogens (tertiary/aromatic N) is 1. The van der Waals surface area contributed by atoms with Crippen molar-refractivity contribution in [3.8, 4) is 0 Å². The van der Waals surface area contributed by atoms with Gasteiger partial charge in [-0.2, -0.15) is 0 Å². The summed E-state index contributed by atoms with van der Waals surface area (Å²) >= 11 is 1.61. The Bertz CT molecular complexity index is 1330. The predicted octanol–water partition coefficient (Wildman–Crippen LogP) is 8.53. The lowest BCUT2D eigenvalue weighted by atomic mass is 9.78. The van der Waals surface area contributed by atoms with Crippen LogP contribution in [0.4, 0.5) is 11.4 Å². The van der Waals surface area contributed by atoms with Crippen LogP contribution in [0.15, 0.2) is 77.3 Å². The monoisotopic (exact) mass is 526 g/mol. The van der Waals surface area contributed by atoms with E-state index in [-0.39, 0.29) is 23.0 Å². The van der Waals surface area contributed by atoms with E-state index in [4.69, 9.17) is 0 Å². The lowest BCUT2D eigenvalue weighted by Gasteiger charge is -2.34. The lowest BCUT2D eigenvalue weighted by molar-refractivity contribution is -0.119. The van der Waals surface area contributed by atoms with Gasteiger partial charge in [0.2, 0.25) is 5.91 Å². The third-order valence-electron chi connectivity index (χ3n) is 7.81. The van der Waals surface area contributed by atoms with Crippen LogP contribution in [-0.2, 0) is 15.0 Å². The summed E-state index contributed by atoms with van der Waals surface area (Å²) in [7, 11) is 0. The molecule has 0 spiro atoms. The molecule has 2 aliphatic rings. The first-order valence-corrected chi connectivity index (χ1v) is 14.7. The molecular formula is C33H38N2O2S. The Morgan fingerprint density at radius 3 is 2.45 bits per heavy atom. The Labute approximate surface area is 230 Å². The van der Waals surface area contributed by atoms with Crippen LogP contribution in [0, 0.1) is 0 Å². The lowest BCUT2D eigenvalue weighted by Crippen LogP contribution is -2.38. The zero-order valence-corrected chi connectivity index (χ0v) is 23.7. The van der Waals surface area contributed by atoms with Gasteiger partial charge in [0.15, 0.2) is 5.78 Å². The van der Waals surface area contributed by atoms with Gasteiger partial charge in [0.25, 0.3) is 0 Å². The fourth-order valence-electron chi connectivity index (χ4n) is 5.72. The average molecular weight is 527 g/mol. The molecule has 2 aromatic carbocycles. The summed E-state index contributed by atoms with van der Waals surface area (Å²) in [5, 5.41) is 5.67. The Balaban J connectivity index is 1.58. The molecule has 0 bridgehead atoms. The first kappa shape index (κ1) is 26.4. The number of amides is 1. The van der Waals surface area contributed by atoms with E-state index < -0.39 is 6.04 Å². The number of carbonyl (C=O) groups excluding carboxylic acids is 2. The first-order valence-electron chi connectivity index (χ1n) is 13.9. The van der Waals surface area contributed by atoms with Gasteiger partial charge in [0.05, 0.1) is 11.4 Å². The van der Waals surface area contributed by atoms with Gasteiger partial charge in [-0.15, -0.1) is 11.3 Å². The minimum Gasteiger partial charge on any atom is -0.357 e. The number of Topliss-reactive ketones (excluding diaryl/α,β-unsaturated/α-hetero) is 1. The number of para-hydroxylation sites is 2. The van der Waals surface area contributed by atoms with Gasteiger partial charge in [-0.3, -0.25) is 14.5 Å². The number of fused-ring (bicyclic) bond motifs is 1. The normalized spacial score (nSPS) is 19.5. The van der Waals surface area contributed by atoms with Gasteiger partial charge in [-0.25, -0.2) is 0 Å². The predicted molar refractivity (Wildman–Crippen MR) is 158 cm³/mol. The zero-order chi connectivity index (χ0) is 26.9. The zero-order valence-electron chi connectivity index (χ0n) is 22.9. The second-order valence-electron chi connectivity index (χ2n) is 11.6. The Hall–Kier alpha value is -3.18. The topological polar surface area (TPSA) is 49.4 Å². The largest absolute Gasteiger partial charge is 0.357 e. The van der Waals surface area contributed by atoms with Crippen LogP contribution in [0.25, 0.3) is 0 Å². The molecule has 1 aliphatic carbocycles. The quantitative estimate of drug-likeness (QED) is 0.328. The van der Waals surface area contributed by atoms with Gasteiger partial charge >= 0.3 is 0 Å². The second-order valence-corrected chi connectivity index (χ2v) is 12.6. The van der Waals surface area contributed by atoms with Crippen LogP contribution in [0.5, 0.6) is 0 Å². The van der Waals surface area contributed by atoms with Crippen molar-refractivity contribution in [2.24, 2.45) is 0 Å². The molecule has 1 N–H and O–H groups in total. The van der Waals surface area contributed by atoms with Crippen molar-refractivity contribution in [2.45, 2.75) is 83.6 Å². The van der Waals surface area contributed by atoms with E-state index in [1.807, 2.05) is 40.6 Å². The summed E-state index contributed by atoms with van der Waals surface area (Å²) in [6.45, 7) is 8.80. The molecule has 2 heterocycles. The highest BCUT2D eigenvalue weighted by Crippen LogP contribution is 2.48. The molecule has 0 fully saturated rings. The summed E-state index contributed by atoms with van der Waals surface area (Å²) in [5.74, 6) is 0.305. The number of allylic oxidation sites excluding steroid dienone is 1. The number of nitrogens with one attached hydrogen (secondary N) is 1. The number of hydrogen-bond acceptors (Lipinski definition) is 4. The smallest absolute Gasteiger partial charge is 0.227 e.